The lowest BCUT2D eigenvalue weighted by Crippen LogP contribution is -2.30. The molecule has 0 saturated carbocycles. The van der Waals surface area contributed by atoms with Crippen LogP contribution in [0.2, 0.25) is 0 Å². The second kappa shape index (κ2) is 10.2. The lowest BCUT2D eigenvalue weighted by atomic mass is 9.81. The van der Waals surface area contributed by atoms with Crippen molar-refractivity contribution in [2.45, 2.75) is 38.1 Å². The van der Waals surface area contributed by atoms with Crippen LogP contribution in [-0.2, 0) is 5.41 Å². The van der Waals surface area contributed by atoms with Crippen LogP contribution in [0.25, 0.3) is 54.8 Å². The molecule has 0 N–H and O–H groups in total. The number of hydrogen-bond donors (Lipinski definition) is 0. The highest BCUT2D eigenvalue weighted by molar-refractivity contribution is 6.25. The first-order valence-electron chi connectivity index (χ1n) is 17.2. The number of aromatic nitrogens is 1. The third-order valence-electron chi connectivity index (χ3n) is 11.1. The number of nitrogens with zero attached hydrogens (tertiary/aromatic N) is 3. The van der Waals surface area contributed by atoms with Crippen molar-refractivity contribution in [3.05, 3.63) is 156 Å². The normalized spacial score (nSPS) is 19.2. The fourth-order valence-corrected chi connectivity index (χ4v) is 8.77. The first kappa shape index (κ1) is 27.6. The fourth-order valence-electron chi connectivity index (χ4n) is 8.77. The molecule has 2 aliphatic carbocycles. The summed E-state index contributed by atoms with van der Waals surface area (Å²) >= 11 is 0. The van der Waals surface area contributed by atoms with Crippen LogP contribution >= 0.6 is 0 Å². The third-order valence-corrected chi connectivity index (χ3v) is 11.1. The van der Waals surface area contributed by atoms with Gasteiger partial charge in [0.2, 0.25) is 5.96 Å². The number of allylic oxidation sites excluding steroid dienone is 2. The predicted octanol–water partition coefficient (Wildman–Crippen LogP) is 11.3. The lowest BCUT2D eigenvalue weighted by molar-refractivity contribution is 0.508. The molecule has 10 rings (SSSR count). The Morgan fingerprint density at radius 1 is 0.667 bits per heavy atom. The van der Waals surface area contributed by atoms with Gasteiger partial charge in [-0.3, -0.25) is 4.57 Å². The SMILES string of the molecule is CC1(C)c2ccccc2-c2c1ccc1c2ccc2c3ccccc3n(C3=NC(c4cccc(-c5ccccc5)c4)C4CCC=CC4=N3)c12. The van der Waals surface area contributed by atoms with Gasteiger partial charge in [0.05, 0.1) is 17.1 Å². The van der Waals surface area contributed by atoms with E-state index in [9.17, 15) is 0 Å². The summed E-state index contributed by atoms with van der Waals surface area (Å²) in [5.74, 6) is 1.01. The van der Waals surface area contributed by atoms with E-state index in [-0.39, 0.29) is 17.4 Å². The van der Waals surface area contributed by atoms with Gasteiger partial charge >= 0.3 is 0 Å². The number of hydrogen-bond acceptors (Lipinski definition) is 2. The van der Waals surface area contributed by atoms with E-state index in [0.717, 1.165) is 30.0 Å². The number of aliphatic imine (C=N–C) groups is 2. The highest BCUT2D eigenvalue weighted by atomic mass is 15.2. The summed E-state index contributed by atoms with van der Waals surface area (Å²) in [6.45, 7) is 4.71. The minimum Gasteiger partial charge on any atom is -0.278 e. The third kappa shape index (κ3) is 3.88. The van der Waals surface area contributed by atoms with Gasteiger partial charge in [-0.15, -0.1) is 0 Å². The number of benzene rings is 6. The standard InChI is InChI=1S/C45H35N3/c1-45(2)37-20-9-6-18-35(37)41-32-23-24-33-31-17-8-11-22-40(31)48(43(33)34(32)25-26-38(41)45)44-46-39-21-10-7-19-36(39)42(47-44)30-16-12-15-29(27-30)28-13-4-3-5-14-28/h3-6,8-18,20-27,36,42H,7,19H2,1-2H3. The van der Waals surface area contributed by atoms with Crippen molar-refractivity contribution in [2.75, 3.05) is 0 Å². The number of rotatable bonds is 2. The highest BCUT2D eigenvalue weighted by Crippen LogP contribution is 2.52. The molecule has 6 aromatic carbocycles. The van der Waals surface area contributed by atoms with Gasteiger partial charge in [0, 0.05) is 33.2 Å². The topological polar surface area (TPSA) is 29.6 Å². The molecule has 0 spiro atoms. The smallest absolute Gasteiger partial charge is 0.230 e. The van der Waals surface area contributed by atoms with E-state index in [0.29, 0.717) is 0 Å². The molecule has 0 fully saturated rings. The first-order valence-corrected chi connectivity index (χ1v) is 17.2. The predicted molar refractivity (Wildman–Crippen MR) is 201 cm³/mol. The molecule has 2 unspecified atom stereocenters. The zero-order valence-corrected chi connectivity index (χ0v) is 27.2. The van der Waals surface area contributed by atoms with Gasteiger partial charge in [-0.2, -0.15) is 0 Å². The molecule has 1 aliphatic heterocycles. The minimum atomic E-state index is -0.0506. The van der Waals surface area contributed by atoms with E-state index < -0.39 is 0 Å². The van der Waals surface area contributed by atoms with Crippen LogP contribution in [0.3, 0.4) is 0 Å². The molecule has 2 heterocycles. The summed E-state index contributed by atoms with van der Waals surface area (Å²) in [7, 11) is 0. The van der Waals surface area contributed by atoms with E-state index in [1.54, 1.807) is 0 Å². The summed E-state index contributed by atoms with van der Waals surface area (Å²) in [6, 6.07) is 46.7. The molecule has 3 heteroatoms. The van der Waals surface area contributed by atoms with Crippen molar-refractivity contribution in [1.82, 2.24) is 4.57 Å². The molecule has 48 heavy (non-hydrogen) atoms. The van der Waals surface area contributed by atoms with Crippen molar-refractivity contribution in [3.63, 3.8) is 0 Å². The van der Waals surface area contributed by atoms with Crippen LogP contribution < -0.4 is 0 Å². The van der Waals surface area contributed by atoms with Crippen molar-refractivity contribution >= 4 is 44.2 Å². The molecule has 0 radical (unpaired) electrons. The highest BCUT2D eigenvalue weighted by Gasteiger charge is 2.37. The van der Waals surface area contributed by atoms with Crippen LogP contribution in [0.4, 0.5) is 0 Å². The average molecular weight is 618 g/mol. The maximum absolute atomic E-state index is 5.61. The summed E-state index contributed by atoms with van der Waals surface area (Å²) in [6.07, 6.45) is 6.62. The first-order chi connectivity index (χ1) is 23.6. The van der Waals surface area contributed by atoms with Gasteiger partial charge in [-0.25, -0.2) is 9.98 Å². The zero-order valence-electron chi connectivity index (χ0n) is 27.2. The van der Waals surface area contributed by atoms with E-state index in [1.807, 2.05) is 0 Å². The van der Waals surface area contributed by atoms with E-state index >= 15 is 0 Å². The Bertz CT molecular complexity index is 2540. The molecule has 0 amide bonds. The van der Waals surface area contributed by atoms with Crippen molar-refractivity contribution in [1.29, 1.82) is 0 Å². The molecule has 0 saturated heterocycles. The Hall–Kier alpha value is -5.54. The summed E-state index contributed by atoms with van der Waals surface area (Å²) in [5.41, 5.74) is 12.6. The second-order valence-electron chi connectivity index (χ2n) is 14.1. The zero-order chi connectivity index (χ0) is 32.0. The maximum Gasteiger partial charge on any atom is 0.230 e. The Kier molecular flexibility index (Phi) is 5.87. The quantitative estimate of drug-likeness (QED) is 0.185. The van der Waals surface area contributed by atoms with Gasteiger partial charge in [-0.05, 0) is 75.4 Å². The van der Waals surface area contributed by atoms with Crippen LogP contribution in [0.5, 0.6) is 0 Å². The number of para-hydroxylation sites is 1. The monoisotopic (exact) mass is 617 g/mol. The Balaban J connectivity index is 1.25. The molecule has 3 nitrogen and oxygen atoms in total. The van der Waals surface area contributed by atoms with Crippen molar-refractivity contribution in [3.8, 4) is 22.3 Å². The Morgan fingerprint density at radius 2 is 1.42 bits per heavy atom. The average Bonchev–Trinajstić information content (AvgIpc) is 3.61. The summed E-state index contributed by atoms with van der Waals surface area (Å²) < 4.78 is 2.35. The van der Waals surface area contributed by atoms with Crippen LogP contribution in [0.15, 0.2) is 150 Å². The molecule has 2 atom stereocenters. The second-order valence-corrected chi connectivity index (χ2v) is 14.1. The van der Waals surface area contributed by atoms with Gasteiger partial charge in [-0.1, -0.05) is 135 Å². The Morgan fingerprint density at radius 3 is 2.33 bits per heavy atom. The van der Waals surface area contributed by atoms with Gasteiger partial charge in [0.1, 0.15) is 0 Å². The van der Waals surface area contributed by atoms with Crippen molar-refractivity contribution in [2.24, 2.45) is 15.9 Å². The van der Waals surface area contributed by atoms with E-state index in [1.165, 1.54) is 66.0 Å². The Labute approximate surface area is 280 Å². The summed E-state index contributed by atoms with van der Waals surface area (Å²) in [5, 5.41) is 4.98. The molecule has 1 aromatic heterocycles. The largest absolute Gasteiger partial charge is 0.278 e. The molecule has 230 valence electrons. The van der Waals surface area contributed by atoms with Crippen LogP contribution in [0.1, 0.15) is 49.4 Å². The van der Waals surface area contributed by atoms with Gasteiger partial charge in [0.15, 0.2) is 0 Å². The fraction of sp³-hybridized carbons (Fsp3) is 0.156. The van der Waals surface area contributed by atoms with E-state index in [2.05, 4.69) is 158 Å². The van der Waals surface area contributed by atoms with Crippen molar-refractivity contribution < 1.29 is 0 Å². The van der Waals surface area contributed by atoms with Gasteiger partial charge in [0.25, 0.3) is 0 Å². The van der Waals surface area contributed by atoms with E-state index in [4.69, 9.17) is 9.98 Å². The molecule has 3 aliphatic rings. The molecule has 7 aromatic rings. The summed E-state index contributed by atoms with van der Waals surface area (Å²) in [4.78, 5) is 11.0. The van der Waals surface area contributed by atoms with Crippen LogP contribution in [-0.4, -0.2) is 16.2 Å². The molecular weight excluding hydrogens is 583 g/mol. The molecule has 0 bridgehead atoms. The van der Waals surface area contributed by atoms with Crippen LogP contribution in [0, 0.1) is 5.92 Å². The number of fused-ring (bicyclic) bond motifs is 10. The lowest BCUT2D eigenvalue weighted by Gasteiger charge is -2.31. The maximum atomic E-state index is 5.61. The molecular formula is C45H35N3. The van der Waals surface area contributed by atoms with Gasteiger partial charge < -0.3 is 0 Å². The minimum absolute atomic E-state index is 0.0239.